The van der Waals surface area contributed by atoms with E-state index in [1.54, 1.807) is 6.20 Å². The first-order chi connectivity index (χ1) is 10.3. The van der Waals surface area contributed by atoms with Crippen molar-refractivity contribution in [3.05, 3.63) is 79.1 Å². The van der Waals surface area contributed by atoms with Crippen molar-refractivity contribution < 1.29 is 21.1 Å². The molecule has 0 aliphatic heterocycles. The van der Waals surface area contributed by atoms with Crippen LogP contribution in [-0.4, -0.2) is 9.97 Å². The molecule has 0 aliphatic carbocycles. The Labute approximate surface area is 147 Å². The first-order valence-electron chi connectivity index (χ1n) is 6.97. The van der Waals surface area contributed by atoms with E-state index in [-0.39, 0.29) is 21.1 Å². The number of benzene rings is 2. The van der Waals surface area contributed by atoms with Crippen LogP contribution in [0.25, 0.3) is 16.6 Å². The largest absolute Gasteiger partial charge is 2.00 e. The van der Waals surface area contributed by atoms with Crippen LogP contribution in [0.1, 0.15) is 26.5 Å². The van der Waals surface area contributed by atoms with Gasteiger partial charge in [0.1, 0.15) is 0 Å². The molecule has 0 N–H and O–H groups in total. The van der Waals surface area contributed by atoms with Crippen LogP contribution < -0.4 is 0 Å². The van der Waals surface area contributed by atoms with Gasteiger partial charge in [0, 0.05) is 6.20 Å². The minimum absolute atomic E-state index is 0. The Morgan fingerprint density at radius 2 is 1.68 bits per heavy atom. The van der Waals surface area contributed by atoms with E-state index in [0.29, 0.717) is 0 Å². The van der Waals surface area contributed by atoms with Gasteiger partial charge in [-0.25, -0.2) is 0 Å². The van der Waals surface area contributed by atoms with E-state index in [9.17, 15) is 0 Å². The molecule has 3 heteroatoms. The summed E-state index contributed by atoms with van der Waals surface area (Å²) in [7, 11) is 0. The molecule has 0 amide bonds. The van der Waals surface area contributed by atoms with E-state index in [4.69, 9.17) is 0 Å². The van der Waals surface area contributed by atoms with Gasteiger partial charge in [-0.3, -0.25) is 4.98 Å². The average Bonchev–Trinajstić information content (AvgIpc) is 2.58. The molecule has 2 nitrogen and oxygen atoms in total. The first kappa shape index (κ1) is 20.2. The normalized spacial score (nSPS) is 8.50. The summed E-state index contributed by atoms with van der Waals surface area (Å²) in [4.78, 5) is 8.64. The van der Waals surface area contributed by atoms with Gasteiger partial charge in [0.25, 0.3) is 0 Å². The number of fused-ring (bicyclic) bond motifs is 1. The van der Waals surface area contributed by atoms with Crippen molar-refractivity contribution in [3.8, 4) is 0 Å². The van der Waals surface area contributed by atoms with E-state index in [1.165, 1.54) is 0 Å². The molecule has 0 aliphatic rings. The fourth-order valence-electron chi connectivity index (χ4n) is 1.45. The summed E-state index contributed by atoms with van der Waals surface area (Å²) in [5, 5.41) is 0. The molecule has 0 saturated carbocycles. The summed E-state index contributed by atoms with van der Waals surface area (Å²) in [6.45, 7) is 9.74. The van der Waals surface area contributed by atoms with Gasteiger partial charge < -0.3 is 4.98 Å². The molecule has 22 heavy (non-hydrogen) atoms. The van der Waals surface area contributed by atoms with E-state index in [1.807, 2.05) is 69.3 Å². The summed E-state index contributed by atoms with van der Waals surface area (Å²) in [6, 6.07) is 21.0. The van der Waals surface area contributed by atoms with Crippen molar-refractivity contribution in [2.45, 2.75) is 20.8 Å². The van der Waals surface area contributed by atoms with Crippen LogP contribution in [0.15, 0.2) is 61.3 Å². The minimum atomic E-state index is 0. The van der Waals surface area contributed by atoms with Crippen LogP contribution in [0, 0.1) is 12.1 Å². The molecule has 0 radical (unpaired) electrons. The Bertz CT molecular complexity index is 640. The fourth-order valence-corrected chi connectivity index (χ4v) is 1.45. The standard InChI is InChI=1S/C11H9N2.C6H5.C2H6.W/c1-8(2)11-7-12-9-5-3-4-6-10(9)13-11;1-2-4-6-5-3-1;1-2;/h3,5-7H,1H2,2H3;1-5H;1-2H3;/q2*-1;;+2. The maximum Gasteiger partial charge on any atom is 2.00 e. The van der Waals surface area contributed by atoms with Crippen molar-refractivity contribution >= 4 is 16.6 Å². The number of hydrogen-bond acceptors (Lipinski definition) is 2. The predicted molar refractivity (Wildman–Crippen MR) is 89.7 cm³/mol. The zero-order chi connectivity index (χ0) is 15.5. The van der Waals surface area contributed by atoms with E-state index < -0.39 is 0 Å². The minimum Gasteiger partial charge on any atom is -0.309 e. The van der Waals surface area contributed by atoms with Gasteiger partial charge in [0.15, 0.2) is 0 Å². The molecule has 112 valence electrons. The average molecular weight is 460 g/mol. The van der Waals surface area contributed by atoms with Gasteiger partial charge in [-0.15, -0.1) is 12.1 Å². The summed E-state index contributed by atoms with van der Waals surface area (Å²) in [5.41, 5.74) is 3.53. The summed E-state index contributed by atoms with van der Waals surface area (Å²) < 4.78 is 0. The van der Waals surface area contributed by atoms with Crippen molar-refractivity contribution in [1.82, 2.24) is 9.97 Å². The molecule has 3 rings (SSSR count). The second kappa shape index (κ2) is 11.8. The van der Waals surface area contributed by atoms with Crippen LogP contribution in [0.4, 0.5) is 0 Å². The van der Waals surface area contributed by atoms with Crippen molar-refractivity contribution in [3.63, 3.8) is 0 Å². The van der Waals surface area contributed by atoms with E-state index in [2.05, 4.69) is 28.7 Å². The van der Waals surface area contributed by atoms with Crippen LogP contribution in [0.2, 0.25) is 0 Å². The molecular weight excluding hydrogens is 440 g/mol. The zero-order valence-electron chi connectivity index (χ0n) is 13.2. The number of aromatic nitrogens is 2. The second-order valence-electron chi connectivity index (χ2n) is 4.03. The molecule has 3 aromatic rings. The molecule has 0 fully saturated rings. The Morgan fingerprint density at radius 1 is 1.00 bits per heavy atom. The third-order valence-corrected chi connectivity index (χ3v) is 2.43. The number of nitrogens with zero attached hydrogens (tertiary/aromatic N) is 2. The monoisotopic (exact) mass is 460 g/mol. The maximum absolute atomic E-state index is 4.38. The number of rotatable bonds is 1. The van der Waals surface area contributed by atoms with Gasteiger partial charge in [-0.2, -0.15) is 48.5 Å². The number of allylic oxidation sites excluding steroid dienone is 1. The molecule has 1 aromatic heterocycles. The molecule has 0 atom stereocenters. The Morgan fingerprint density at radius 3 is 2.18 bits per heavy atom. The summed E-state index contributed by atoms with van der Waals surface area (Å²) >= 11 is 0. The summed E-state index contributed by atoms with van der Waals surface area (Å²) in [6.07, 6.45) is 1.74. The van der Waals surface area contributed by atoms with Crippen LogP contribution >= 0.6 is 0 Å². The topological polar surface area (TPSA) is 25.8 Å². The fraction of sp³-hybridized carbons (Fsp3) is 0.158. The zero-order valence-corrected chi connectivity index (χ0v) is 16.1. The maximum atomic E-state index is 4.38. The Balaban J connectivity index is 0.000000416. The van der Waals surface area contributed by atoms with Crippen molar-refractivity contribution in [2.75, 3.05) is 0 Å². The van der Waals surface area contributed by atoms with Crippen LogP contribution in [-0.2, 0) is 21.1 Å². The van der Waals surface area contributed by atoms with Crippen LogP contribution in [0.3, 0.4) is 0 Å². The van der Waals surface area contributed by atoms with Gasteiger partial charge in [0.2, 0.25) is 0 Å². The molecule has 0 unspecified atom stereocenters. The van der Waals surface area contributed by atoms with Crippen LogP contribution in [0.5, 0.6) is 0 Å². The Kier molecular flexibility index (Phi) is 10.9. The van der Waals surface area contributed by atoms with Crippen molar-refractivity contribution in [2.24, 2.45) is 0 Å². The second-order valence-corrected chi connectivity index (χ2v) is 4.03. The van der Waals surface area contributed by atoms with Crippen molar-refractivity contribution in [1.29, 1.82) is 0 Å². The quantitative estimate of drug-likeness (QED) is 0.480. The smallest absolute Gasteiger partial charge is 0.309 e. The molecule has 0 bridgehead atoms. The molecule has 2 aromatic carbocycles. The van der Waals surface area contributed by atoms with Gasteiger partial charge >= 0.3 is 21.1 Å². The van der Waals surface area contributed by atoms with E-state index >= 15 is 0 Å². The third-order valence-electron chi connectivity index (χ3n) is 2.43. The van der Waals surface area contributed by atoms with Gasteiger partial charge in [-0.05, 0) is 23.5 Å². The van der Waals surface area contributed by atoms with Gasteiger partial charge in [-0.1, -0.05) is 20.4 Å². The number of hydrogen-bond donors (Lipinski definition) is 0. The third kappa shape index (κ3) is 6.78. The predicted octanol–water partition coefficient (Wildman–Crippen LogP) is 4.97. The van der Waals surface area contributed by atoms with Gasteiger partial charge in [0.05, 0.1) is 5.69 Å². The first-order valence-corrected chi connectivity index (χ1v) is 6.97. The molecule has 0 saturated heterocycles. The Hall–Kier alpha value is -1.79. The molecule has 0 spiro atoms. The molecular formula is C19H20N2W. The summed E-state index contributed by atoms with van der Waals surface area (Å²) in [5.74, 6) is 0. The SMILES string of the molecule is C=C(C)c1cnc2cc[c-]cc2n1.CC.[W+2].[c-]1ccccc1. The molecule has 1 heterocycles. The van der Waals surface area contributed by atoms with E-state index in [0.717, 1.165) is 22.3 Å².